The van der Waals surface area contributed by atoms with Gasteiger partial charge in [-0.15, -0.1) is 6.58 Å². The summed E-state index contributed by atoms with van der Waals surface area (Å²) in [5, 5.41) is 0. The van der Waals surface area contributed by atoms with Crippen molar-refractivity contribution in [2.45, 2.75) is 39.7 Å². The van der Waals surface area contributed by atoms with Crippen molar-refractivity contribution in [3.63, 3.8) is 0 Å². The number of thiazole rings is 1. The summed E-state index contributed by atoms with van der Waals surface area (Å²) in [6.07, 6.45) is 5.19. The summed E-state index contributed by atoms with van der Waals surface area (Å²) in [7, 11) is 0. The van der Waals surface area contributed by atoms with Gasteiger partial charge in [0.05, 0.1) is 16.8 Å². The molecule has 0 atom stereocenters. The van der Waals surface area contributed by atoms with Gasteiger partial charge in [-0.2, -0.15) is 4.99 Å². The van der Waals surface area contributed by atoms with Crippen LogP contribution in [0.1, 0.15) is 42.1 Å². The fraction of sp³-hybridized carbons (Fsp3) is 0.304. The largest absolute Gasteiger partial charge is 0.494 e. The second-order valence-electron chi connectivity index (χ2n) is 6.75. The van der Waals surface area contributed by atoms with Crippen molar-refractivity contribution < 1.29 is 9.53 Å². The lowest BCUT2D eigenvalue weighted by Gasteiger charge is -2.05. The van der Waals surface area contributed by atoms with Gasteiger partial charge in [-0.25, -0.2) is 0 Å². The Morgan fingerprint density at radius 1 is 1.21 bits per heavy atom. The first-order valence-electron chi connectivity index (χ1n) is 9.65. The third kappa shape index (κ3) is 4.78. The molecule has 1 amide bonds. The molecule has 4 nitrogen and oxygen atoms in total. The topological polar surface area (TPSA) is 43.6 Å². The lowest BCUT2D eigenvalue weighted by molar-refractivity contribution is 0.0998. The highest BCUT2D eigenvalue weighted by Gasteiger charge is 2.09. The normalized spacial score (nSPS) is 11.7. The van der Waals surface area contributed by atoms with E-state index in [0.29, 0.717) is 23.5 Å². The summed E-state index contributed by atoms with van der Waals surface area (Å²) in [4.78, 5) is 17.8. The number of allylic oxidation sites excluding steroid dienone is 1. The second-order valence-corrected chi connectivity index (χ2v) is 7.76. The van der Waals surface area contributed by atoms with Crippen molar-refractivity contribution in [3.05, 3.63) is 71.0 Å². The molecule has 1 aromatic heterocycles. The first-order chi connectivity index (χ1) is 13.6. The van der Waals surface area contributed by atoms with Crippen LogP contribution >= 0.6 is 11.3 Å². The van der Waals surface area contributed by atoms with Gasteiger partial charge in [0.25, 0.3) is 5.91 Å². The first-order valence-corrected chi connectivity index (χ1v) is 10.5. The molecule has 0 bridgehead atoms. The van der Waals surface area contributed by atoms with Crippen LogP contribution in [0.3, 0.4) is 0 Å². The van der Waals surface area contributed by atoms with Gasteiger partial charge in [-0.3, -0.25) is 4.79 Å². The number of hydrogen-bond acceptors (Lipinski definition) is 3. The summed E-state index contributed by atoms with van der Waals surface area (Å²) in [5.74, 6) is 0.533. The maximum atomic E-state index is 12.7. The van der Waals surface area contributed by atoms with Gasteiger partial charge in [0.2, 0.25) is 0 Å². The molecule has 5 heteroatoms. The summed E-state index contributed by atoms with van der Waals surface area (Å²) in [6.45, 7) is 9.37. The maximum Gasteiger partial charge on any atom is 0.279 e. The summed E-state index contributed by atoms with van der Waals surface area (Å²) in [5.41, 5.74) is 2.81. The van der Waals surface area contributed by atoms with Gasteiger partial charge < -0.3 is 9.30 Å². The van der Waals surface area contributed by atoms with Crippen LogP contribution in [0, 0.1) is 6.92 Å². The Kier molecular flexibility index (Phi) is 6.82. The monoisotopic (exact) mass is 394 g/mol. The standard InChI is InChI=1S/C23H26N2O2S/c1-4-6-7-15-27-19-11-9-18(10-12-19)22(26)24-23-25(14-5-2)20-13-8-17(3)16-21(20)28-23/h5,8-13,16H,2,4,6-7,14-15H2,1,3H3. The zero-order valence-corrected chi connectivity index (χ0v) is 17.3. The van der Waals surface area contributed by atoms with Gasteiger partial charge >= 0.3 is 0 Å². The predicted octanol–water partition coefficient (Wildman–Crippen LogP) is 5.51. The number of carbonyl (C=O) groups is 1. The van der Waals surface area contributed by atoms with E-state index in [9.17, 15) is 4.79 Å². The Bertz CT molecular complexity index is 1030. The van der Waals surface area contributed by atoms with Crippen LogP contribution in [0.2, 0.25) is 0 Å². The average molecular weight is 395 g/mol. The third-order valence-corrected chi connectivity index (χ3v) is 5.51. The Balaban J connectivity index is 1.84. The SMILES string of the molecule is C=CCn1c(=NC(=O)c2ccc(OCCCCC)cc2)sc2cc(C)ccc21. The van der Waals surface area contributed by atoms with E-state index in [-0.39, 0.29) is 5.91 Å². The molecule has 0 unspecified atom stereocenters. The molecule has 146 valence electrons. The minimum absolute atomic E-state index is 0.251. The van der Waals surface area contributed by atoms with Gasteiger partial charge in [0, 0.05) is 12.1 Å². The van der Waals surface area contributed by atoms with Crippen molar-refractivity contribution in [2.24, 2.45) is 4.99 Å². The zero-order valence-electron chi connectivity index (χ0n) is 16.5. The number of aromatic nitrogens is 1. The molecule has 0 aliphatic heterocycles. The third-order valence-electron chi connectivity index (χ3n) is 4.47. The Morgan fingerprint density at radius 3 is 2.71 bits per heavy atom. The molecule has 0 saturated carbocycles. The van der Waals surface area contributed by atoms with E-state index in [0.717, 1.165) is 28.8 Å². The van der Waals surface area contributed by atoms with E-state index in [1.807, 2.05) is 22.8 Å². The van der Waals surface area contributed by atoms with E-state index >= 15 is 0 Å². The van der Waals surface area contributed by atoms with Crippen molar-refractivity contribution in [1.82, 2.24) is 4.57 Å². The number of ether oxygens (including phenoxy) is 1. The van der Waals surface area contributed by atoms with Gasteiger partial charge in [0.1, 0.15) is 5.75 Å². The van der Waals surface area contributed by atoms with E-state index in [1.54, 1.807) is 12.1 Å². The molecule has 0 radical (unpaired) electrons. The molecule has 2 aromatic carbocycles. The number of rotatable bonds is 8. The number of hydrogen-bond donors (Lipinski definition) is 0. The van der Waals surface area contributed by atoms with Crippen molar-refractivity contribution in [1.29, 1.82) is 0 Å². The molecule has 0 N–H and O–H groups in total. The van der Waals surface area contributed by atoms with Gasteiger partial charge in [0.15, 0.2) is 4.80 Å². The number of fused-ring (bicyclic) bond motifs is 1. The minimum Gasteiger partial charge on any atom is -0.494 e. The Hall–Kier alpha value is -2.66. The zero-order chi connectivity index (χ0) is 19.9. The van der Waals surface area contributed by atoms with Gasteiger partial charge in [-0.1, -0.05) is 43.2 Å². The molecular weight excluding hydrogens is 368 g/mol. The predicted molar refractivity (Wildman–Crippen MR) is 116 cm³/mol. The van der Waals surface area contributed by atoms with E-state index < -0.39 is 0 Å². The molecule has 0 aliphatic rings. The maximum absolute atomic E-state index is 12.7. The van der Waals surface area contributed by atoms with Crippen LogP contribution in [0.15, 0.2) is 60.1 Å². The minimum atomic E-state index is -0.251. The highest BCUT2D eigenvalue weighted by molar-refractivity contribution is 7.16. The molecule has 28 heavy (non-hydrogen) atoms. The molecule has 3 rings (SSSR count). The van der Waals surface area contributed by atoms with Crippen molar-refractivity contribution in [3.8, 4) is 5.75 Å². The fourth-order valence-electron chi connectivity index (χ4n) is 2.96. The summed E-state index contributed by atoms with van der Waals surface area (Å²) < 4.78 is 8.85. The lowest BCUT2D eigenvalue weighted by atomic mass is 10.2. The van der Waals surface area contributed by atoms with E-state index in [1.165, 1.54) is 23.3 Å². The van der Waals surface area contributed by atoms with Crippen LogP contribution in [-0.2, 0) is 6.54 Å². The van der Waals surface area contributed by atoms with Crippen LogP contribution < -0.4 is 9.54 Å². The smallest absolute Gasteiger partial charge is 0.279 e. The number of amides is 1. The van der Waals surface area contributed by atoms with Crippen molar-refractivity contribution in [2.75, 3.05) is 6.61 Å². The van der Waals surface area contributed by atoms with Crippen LogP contribution in [0.5, 0.6) is 5.75 Å². The Labute approximate surface area is 169 Å². The molecule has 0 aliphatic carbocycles. The molecule has 0 fully saturated rings. The van der Waals surface area contributed by atoms with Crippen molar-refractivity contribution >= 4 is 27.5 Å². The van der Waals surface area contributed by atoms with E-state index in [2.05, 4.69) is 43.6 Å². The second kappa shape index (κ2) is 9.51. The highest BCUT2D eigenvalue weighted by Crippen LogP contribution is 2.19. The van der Waals surface area contributed by atoms with Gasteiger partial charge in [-0.05, 0) is 55.3 Å². The highest BCUT2D eigenvalue weighted by atomic mass is 32.1. The number of unbranched alkanes of at least 4 members (excludes halogenated alkanes) is 2. The quantitative estimate of drug-likeness (QED) is 0.374. The summed E-state index contributed by atoms with van der Waals surface area (Å²) in [6, 6.07) is 13.5. The number of carbonyl (C=O) groups excluding carboxylic acids is 1. The first kappa shape index (κ1) is 20.1. The number of aryl methyl sites for hydroxylation is 1. The Morgan fingerprint density at radius 2 is 2.00 bits per heavy atom. The number of benzene rings is 2. The van der Waals surface area contributed by atoms with E-state index in [4.69, 9.17) is 4.74 Å². The summed E-state index contributed by atoms with van der Waals surface area (Å²) >= 11 is 1.52. The van der Waals surface area contributed by atoms with Crippen LogP contribution in [0.4, 0.5) is 0 Å². The fourth-order valence-corrected chi connectivity index (χ4v) is 4.09. The molecule has 1 heterocycles. The van der Waals surface area contributed by atoms with Crippen LogP contribution in [0.25, 0.3) is 10.2 Å². The molecule has 0 spiro atoms. The molecule has 3 aromatic rings. The molecule has 0 saturated heterocycles. The molecular formula is C23H26N2O2S. The van der Waals surface area contributed by atoms with Crippen LogP contribution in [-0.4, -0.2) is 17.1 Å². The number of nitrogens with zero attached hydrogens (tertiary/aromatic N) is 2. The lowest BCUT2D eigenvalue weighted by Crippen LogP contribution is -2.16. The average Bonchev–Trinajstić information content (AvgIpc) is 3.02.